The molecule has 3 aromatic rings. The van der Waals surface area contributed by atoms with E-state index in [1.165, 1.54) is 7.11 Å². The number of hydrogen-bond donors (Lipinski definition) is 2. The lowest BCUT2D eigenvalue weighted by molar-refractivity contribution is 0.0955. The molecule has 1 aromatic carbocycles. The van der Waals surface area contributed by atoms with Gasteiger partial charge in [0.15, 0.2) is 0 Å². The van der Waals surface area contributed by atoms with Crippen molar-refractivity contribution in [1.82, 2.24) is 19.8 Å². The van der Waals surface area contributed by atoms with Gasteiger partial charge in [0.25, 0.3) is 11.5 Å². The fraction of sp³-hybridized carbons (Fsp3) is 0.400. The first-order chi connectivity index (χ1) is 16.3. The van der Waals surface area contributed by atoms with E-state index in [9.17, 15) is 9.59 Å². The van der Waals surface area contributed by atoms with Gasteiger partial charge in [-0.25, -0.2) is 4.98 Å². The average Bonchev–Trinajstić information content (AvgIpc) is 3.29. The summed E-state index contributed by atoms with van der Waals surface area (Å²) in [7, 11) is 5.55. The van der Waals surface area contributed by atoms with Gasteiger partial charge in [-0.15, -0.1) is 0 Å². The first-order valence-corrected chi connectivity index (χ1v) is 11.8. The standard InChI is InChI=1S/C25H30ClN5O3/c1-5-27-24(32)20-13-16(34-4)12-18(21(20)26)19-11-15-14-29-23-17(7-8-28-23)22(15)31(25(19)33)10-6-9-30(2)3/h11-14H,5-10H2,1-4H3,(H,27,32)(H,28,29). The zero-order chi connectivity index (χ0) is 24.4. The second-order valence-corrected chi connectivity index (χ2v) is 9.01. The molecular weight excluding hydrogens is 454 g/mol. The van der Waals surface area contributed by atoms with Crippen LogP contribution >= 0.6 is 11.6 Å². The van der Waals surface area contributed by atoms with Gasteiger partial charge >= 0.3 is 0 Å². The lowest BCUT2D eigenvalue weighted by Gasteiger charge is -2.18. The first-order valence-electron chi connectivity index (χ1n) is 11.5. The number of nitrogens with one attached hydrogen (secondary N) is 2. The van der Waals surface area contributed by atoms with E-state index >= 15 is 0 Å². The normalized spacial score (nSPS) is 12.6. The molecule has 0 aliphatic carbocycles. The van der Waals surface area contributed by atoms with Gasteiger partial charge in [-0.2, -0.15) is 0 Å². The number of aryl methyl sites for hydroxylation is 1. The van der Waals surface area contributed by atoms with Gasteiger partial charge in [-0.1, -0.05) is 11.6 Å². The number of benzene rings is 1. The Bertz CT molecular complexity index is 1300. The van der Waals surface area contributed by atoms with Gasteiger partial charge in [0.1, 0.15) is 11.6 Å². The molecule has 0 saturated carbocycles. The molecule has 1 aliphatic rings. The molecule has 0 fully saturated rings. The van der Waals surface area contributed by atoms with Crippen LogP contribution in [0.5, 0.6) is 5.75 Å². The van der Waals surface area contributed by atoms with Crippen LogP contribution in [0.25, 0.3) is 22.0 Å². The van der Waals surface area contributed by atoms with Crippen molar-refractivity contribution in [3.63, 3.8) is 0 Å². The van der Waals surface area contributed by atoms with Crippen molar-refractivity contribution in [1.29, 1.82) is 0 Å². The van der Waals surface area contributed by atoms with Crippen LogP contribution in [0.15, 0.2) is 29.2 Å². The third-order valence-electron chi connectivity index (χ3n) is 6.03. The second-order valence-electron chi connectivity index (χ2n) is 8.63. The molecule has 1 amide bonds. The van der Waals surface area contributed by atoms with E-state index in [0.29, 0.717) is 30.0 Å². The highest BCUT2D eigenvalue weighted by molar-refractivity contribution is 6.36. The number of nitrogens with zero attached hydrogens (tertiary/aromatic N) is 3. The fourth-order valence-electron chi connectivity index (χ4n) is 4.43. The monoisotopic (exact) mass is 483 g/mol. The van der Waals surface area contributed by atoms with E-state index in [2.05, 4.69) is 20.5 Å². The minimum Gasteiger partial charge on any atom is -0.497 e. The van der Waals surface area contributed by atoms with E-state index < -0.39 is 0 Å². The highest BCUT2D eigenvalue weighted by atomic mass is 35.5. The molecule has 3 heterocycles. The Morgan fingerprint density at radius 3 is 2.79 bits per heavy atom. The molecule has 9 heteroatoms. The molecule has 2 N–H and O–H groups in total. The molecule has 0 bridgehead atoms. The Balaban J connectivity index is 1.96. The summed E-state index contributed by atoms with van der Waals surface area (Å²) in [5, 5.41) is 7.15. The van der Waals surface area contributed by atoms with Crippen molar-refractivity contribution in [2.45, 2.75) is 26.3 Å². The molecule has 180 valence electrons. The van der Waals surface area contributed by atoms with E-state index in [-0.39, 0.29) is 22.1 Å². The molecule has 2 aromatic heterocycles. The number of hydrogen-bond acceptors (Lipinski definition) is 6. The number of amides is 1. The summed E-state index contributed by atoms with van der Waals surface area (Å²) in [6.45, 7) is 4.50. The maximum absolute atomic E-state index is 13.9. The number of anilines is 1. The van der Waals surface area contributed by atoms with Gasteiger partial charge in [0, 0.05) is 47.9 Å². The SMILES string of the molecule is CCNC(=O)c1cc(OC)cc(-c2cc3cnc4c(c3n(CCCN(C)C)c2=O)CCN4)c1Cl. The lowest BCUT2D eigenvalue weighted by atomic mass is 10.00. The summed E-state index contributed by atoms with van der Waals surface area (Å²) in [6.07, 6.45) is 3.41. The molecule has 0 atom stereocenters. The van der Waals surface area contributed by atoms with Gasteiger partial charge < -0.3 is 24.8 Å². The third kappa shape index (κ3) is 4.48. The summed E-state index contributed by atoms with van der Waals surface area (Å²) in [5.74, 6) is 0.972. The highest BCUT2D eigenvalue weighted by Crippen LogP contribution is 2.36. The maximum atomic E-state index is 13.9. The Morgan fingerprint density at radius 1 is 1.29 bits per heavy atom. The smallest absolute Gasteiger partial charge is 0.258 e. The van der Waals surface area contributed by atoms with Gasteiger partial charge in [-0.3, -0.25) is 9.59 Å². The number of methoxy groups -OCH3 is 1. The predicted octanol–water partition coefficient (Wildman–Crippen LogP) is 3.39. The summed E-state index contributed by atoms with van der Waals surface area (Å²) < 4.78 is 7.27. The summed E-state index contributed by atoms with van der Waals surface area (Å²) in [4.78, 5) is 33.3. The van der Waals surface area contributed by atoms with Crippen molar-refractivity contribution in [2.75, 3.05) is 46.2 Å². The van der Waals surface area contributed by atoms with E-state index in [1.807, 2.05) is 31.7 Å². The van der Waals surface area contributed by atoms with Crippen LogP contribution in [0.2, 0.25) is 5.02 Å². The predicted molar refractivity (Wildman–Crippen MR) is 136 cm³/mol. The molecule has 34 heavy (non-hydrogen) atoms. The molecular formula is C25H30ClN5O3. The summed E-state index contributed by atoms with van der Waals surface area (Å²) >= 11 is 6.72. The number of aromatic nitrogens is 2. The van der Waals surface area contributed by atoms with Gasteiger partial charge in [0.2, 0.25) is 0 Å². The van der Waals surface area contributed by atoms with E-state index in [1.54, 1.807) is 18.3 Å². The van der Waals surface area contributed by atoms with Gasteiger partial charge in [-0.05, 0) is 58.6 Å². The number of ether oxygens (including phenoxy) is 1. The molecule has 4 rings (SSSR count). The molecule has 0 spiro atoms. The molecule has 0 unspecified atom stereocenters. The van der Waals surface area contributed by atoms with Crippen LogP contribution in [0.4, 0.5) is 5.82 Å². The van der Waals surface area contributed by atoms with Gasteiger partial charge in [0.05, 0.1) is 23.2 Å². The summed E-state index contributed by atoms with van der Waals surface area (Å²) in [5.41, 5.74) is 2.97. The Hall–Kier alpha value is -3.10. The molecule has 8 nitrogen and oxygen atoms in total. The second kappa shape index (κ2) is 10.0. The Labute approximate surface area is 203 Å². The van der Waals surface area contributed by atoms with Crippen LogP contribution in [0.3, 0.4) is 0 Å². The molecule has 0 saturated heterocycles. The number of carbonyl (C=O) groups is 1. The van der Waals surface area contributed by atoms with Crippen LogP contribution in [-0.2, 0) is 13.0 Å². The van der Waals surface area contributed by atoms with Crippen LogP contribution in [-0.4, -0.2) is 61.2 Å². The number of halogens is 1. The van der Waals surface area contributed by atoms with Crippen LogP contribution in [0.1, 0.15) is 29.3 Å². The van der Waals surface area contributed by atoms with Crippen molar-refractivity contribution in [3.05, 3.63) is 50.9 Å². The van der Waals surface area contributed by atoms with Crippen molar-refractivity contribution in [3.8, 4) is 16.9 Å². The fourth-order valence-corrected chi connectivity index (χ4v) is 4.72. The van der Waals surface area contributed by atoms with Crippen molar-refractivity contribution >= 4 is 34.2 Å². The minimum atomic E-state index is -0.315. The zero-order valence-corrected chi connectivity index (χ0v) is 20.8. The van der Waals surface area contributed by atoms with Crippen molar-refractivity contribution in [2.24, 2.45) is 0 Å². The van der Waals surface area contributed by atoms with Crippen LogP contribution < -0.4 is 20.9 Å². The van der Waals surface area contributed by atoms with Crippen LogP contribution in [0, 0.1) is 0 Å². The average molecular weight is 484 g/mol. The largest absolute Gasteiger partial charge is 0.497 e. The highest BCUT2D eigenvalue weighted by Gasteiger charge is 2.23. The quantitative estimate of drug-likeness (QED) is 0.510. The Morgan fingerprint density at radius 2 is 2.09 bits per heavy atom. The number of carbonyl (C=O) groups excluding carboxylic acids is 1. The first kappa shape index (κ1) is 24.0. The molecule has 0 radical (unpaired) electrons. The number of fused-ring (bicyclic) bond motifs is 3. The topological polar surface area (TPSA) is 88.5 Å². The Kier molecular flexibility index (Phi) is 7.09. The summed E-state index contributed by atoms with van der Waals surface area (Å²) in [6, 6.07) is 5.13. The number of pyridine rings is 2. The van der Waals surface area contributed by atoms with Crippen molar-refractivity contribution < 1.29 is 9.53 Å². The van der Waals surface area contributed by atoms with E-state index in [0.717, 1.165) is 48.2 Å². The lowest BCUT2D eigenvalue weighted by Crippen LogP contribution is -2.26. The maximum Gasteiger partial charge on any atom is 0.258 e. The zero-order valence-electron chi connectivity index (χ0n) is 20.0. The molecule has 1 aliphatic heterocycles. The number of rotatable bonds is 8. The van der Waals surface area contributed by atoms with E-state index in [4.69, 9.17) is 16.3 Å². The minimum absolute atomic E-state index is 0.149. The third-order valence-corrected chi connectivity index (χ3v) is 6.44.